The number of aromatic nitrogens is 2. The van der Waals surface area contributed by atoms with Gasteiger partial charge >= 0.3 is 0 Å². The van der Waals surface area contributed by atoms with Gasteiger partial charge in [-0.3, -0.25) is 9.59 Å². The molecule has 1 aromatic heterocycles. The van der Waals surface area contributed by atoms with Crippen LogP contribution in [0, 0.1) is 5.92 Å². The molecule has 39 heavy (non-hydrogen) atoms. The average molecular weight is 534 g/mol. The lowest BCUT2D eigenvalue weighted by molar-refractivity contribution is -0.142. The molecule has 1 aromatic carbocycles. The molecule has 7 heteroatoms. The second kappa shape index (κ2) is 11.8. The van der Waals surface area contributed by atoms with E-state index in [-0.39, 0.29) is 29.3 Å². The van der Waals surface area contributed by atoms with E-state index in [1.165, 1.54) is 36.8 Å². The van der Waals surface area contributed by atoms with Gasteiger partial charge in [-0.25, -0.2) is 4.98 Å². The first-order valence-electron chi connectivity index (χ1n) is 15.1. The number of rotatable bonds is 7. The van der Waals surface area contributed by atoms with Gasteiger partial charge in [0, 0.05) is 31.5 Å². The lowest BCUT2D eigenvalue weighted by Gasteiger charge is -2.37. The van der Waals surface area contributed by atoms with E-state index in [0.29, 0.717) is 31.8 Å². The van der Waals surface area contributed by atoms with Gasteiger partial charge in [-0.05, 0) is 54.6 Å². The van der Waals surface area contributed by atoms with Crippen molar-refractivity contribution in [2.24, 2.45) is 11.7 Å². The SMILES string of the molecule is CC(C)(C)c1ccc(Cn2cnc3c2CN(C(=O)CCC2CCCC2)C(C(=O)NC2CCC(N)CC2)C3)cc1. The maximum atomic E-state index is 13.6. The molecular weight excluding hydrogens is 486 g/mol. The Balaban J connectivity index is 1.32. The third-order valence-electron chi connectivity index (χ3n) is 9.27. The minimum atomic E-state index is -0.501. The average Bonchev–Trinajstić information content (AvgIpc) is 3.58. The van der Waals surface area contributed by atoms with Crippen LogP contribution in [-0.4, -0.2) is 44.4 Å². The topological polar surface area (TPSA) is 93.2 Å². The summed E-state index contributed by atoms with van der Waals surface area (Å²) in [5, 5.41) is 3.26. The van der Waals surface area contributed by atoms with Crippen LogP contribution in [0.3, 0.4) is 0 Å². The molecule has 0 spiro atoms. The molecular formula is C32H47N5O2. The van der Waals surface area contributed by atoms with Crippen molar-refractivity contribution >= 4 is 11.8 Å². The van der Waals surface area contributed by atoms with E-state index in [9.17, 15) is 9.59 Å². The summed E-state index contributed by atoms with van der Waals surface area (Å²) in [6.07, 6.45) is 12.5. The van der Waals surface area contributed by atoms with E-state index in [0.717, 1.165) is 43.5 Å². The van der Waals surface area contributed by atoms with Crippen molar-refractivity contribution in [3.63, 3.8) is 0 Å². The number of hydrogen-bond acceptors (Lipinski definition) is 4. The van der Waals surface area contributed by atoms with Gasteiger partial charge in [0.15, 0.2) is 0 Å². The van der Waals surface area contributed by atoms with Gasteiger partial charge in [0.25, 0.3) is 0 Å². The minimum absolute atomic E-state index is 0.0392. The molecule has 0 radical (unpaired) electrons. The van der Waals surface area contributed by atoms with Crippen LogP contribution in [0.2, 0.25) is 0 Å². The summed E-state index contributed by atoms with van der Waals surface area (Å²) >= 11 is 0. The highest BCUT2D eigenvalue weighted by Crippen LogP contribution is 2.31. The Bertz CT molecular complexity index is 1130. The van der Waals surface area contributed by atoms with Gasteiger partial charge in [0.2, 0.25) is 11.8 Å². The maximum absolute atomic E-state index is 13.6. The second-order valence-electron chi connectivity index (χ2n) is 13.3. The van der Waals surface area contributed by atoms with Crippen molar-refractivity contribution in [1.29, 1.82) is 0 Å². The highest BCUT2D eigenvalue weighted by molar-refractivity contribution is 5.88. The number of nitrogens with one attached hydrogen (secondary N) is 1. The summed E-state index contributed by atoms with van der Waals surface area (Å²) in [4.78, 5) is 33.8. The summed E-state index contributed by atoms with van der Waals surface area (Å²) in [5.41, 5.74) is 10.7. The molecule has 5 rings (SSSR count). The second-order valence-corrected chi connectivity index (χ2v) is 13.3. The third-order valence-corrected chi connectivity index (χ3v) is 9.27. The summed E-state index contributed by atoms with van der Waals surface area (Å²) < 4.78 is 2.16. The van der Waals surface area contributed by atoms with E-state index in [1.54, 1.807) is 0 Å². The fourth-order valence-corrected chi connectivity index (χ4v) is 6.64. The number of amides is 2. The zero-order valence-corrected chi connectivity index (χ0v) is 24.1. The summed E-state index contributed by atoms with van der Waals surface area (Å²) in [6.45, 7) is 7.82. The minimum Gasteiger partial charge on any atom is -0.352 e. The Morgan fingerprint density at radius 1 is 1.03 bits per heavy atom. The van der Waals surface area contributed by atoms with Gasteiger partial charge < -0.3 is 20.5 Å². The molecule has 2 amide bonds. The Kier molecular flexibility index (Phi) is 8.46. The third kappa shape index (κ3) is 6.74. The smallest absolute Gasteiger partial charge is 0.243 e. The van der Waals surface area contributed by atoms with Crippen molar-refractivity contribution in [2.75, 3.05) is 0 Å². The van der Waals surface area contributed by atoms with E-state index < -0.39 is 6.04 Å². The molecule has 3 aliphatic rings. The molecule has 2 aromatic rings. The van der Waals surface area contributed by atoms with E-state index in [2.05, 4.69) is 54.9 Å². The molecule has 0 saturated heterocycles. The number of benzene rings is 1. The molecule has 0 bridgehead atoms. The van der Waals surface area contributed by atoms with Gasteiger partial charge in [-0.2, -0.15) is 0 Å². The number of carbonyl (C=O) groups excluding carboxylic acids is 2. The molecule has 2 saturated carbocycles. The van der Waals surface area contributed by atoms with Crippen LogP contribution in [0.25, 0.3) is 0 Å². The molecule has 2 fully saturated rings. The number of hydrogen-bond donors (Lipinski definition) is 2. The lowest BCUT2D eigenvalue weighted by atomic mass is 9.87. The van der Waals surface area contributed by atoms with E-state index >= 15 is 0 Å². The van der Waals surface area contributed by atoms with Crippen molar-refractivity contribution in [1.82, 2.24) is 19.8 Å². The first-order chi connectivity index (χ1) is 18.7. The van der Waals surface area contributed by atoms with Gasteiger partial charge in [0.05, 0.1) is 24.3 Å². The van der Waals surface area contributed by atoms with Crippen molar-refractivity contribution in [2.45, 2.75) is 128 Å². The molecule has 7 nitrogen and oxygen atoms in total. The zero-order valence-electron chi connectivity index (χ0n) is 24.1. The Morgan fingerprint density at radius 3 is 2.38 bits per heavy atom. The molecule has 3 N–H and O–H groups in total. The maximum Gasteiger partial charge on any atom is 0.243 e. The summed E-state index contributed by atoms with van der Waals surface area (Å²) in [5.74, 6) is 0.706. The first kappa shape index (κ1) is 27.9. The van der Waals surface area contributed by atoms with Gasteiger partial charge in [-0.15, -0.1) is 0 Å². The number of imidazole rings is 1. The van der Waals surface area contributed by atoms with E-state index in [4.69, 9.17) is 10.7 Å². The fraction of sp³-hybridized carbons (Fsp3) is 0.656. The number of carbonyl (C=O) groups is 2. The van der Waals surface area contributed by atoms with Crippen molar-refractivity contribution in [3.05, 3.63) is 53.1 Å². The predicted octanol–water partition coefficient (Wildman–Crippen LogP) is 4.84. The highest BCUT2D eigenvalue weighted by atomic mass is 16.2. The Labute approximate surface area is 233 Å². The molecule has 1 atom stereocenters. The summed E-state index contributed by atoms with van der Waals surface area (Å²) in [6, 6.07) is 8.66. The number of fused-ring (bicyclic) bond motifs is 1. The quantitative estimate of drug-likeness (QED) is 0.533. The normalized spacial score (nSPS) is 24.0. The Hall–Kier alpha value is -2.67. The van der Waals surface area contributed by atoms with Crippen LogP contribution >= 0.6 is 0 Å². The first-order valence-corrected chi connectivity index (χ1v) is 15.1. The molecule has 212 valence electrons. The zero-order chi connectivity index (χ0) is 27.6. The van der Waals surface area contributed by atoms with Crippen molar-refractivity contribution < 1.29 is 9.59 Å². The fourth-order valence-electron chi connectivity index (χ4n) is 6.64. The molecule has 2 aliphatic carbocycles. The number of nitrogens with zero attached hydrogens (tertiary/aromatic N) is 3. The lowest BCUT2D eigenvalue weighted by Crippen LogP contribution is -2.55. The van der Waals surface area contributed by atoms with Crippen LogP contribution in [-0.2, 0) is 34.5 Å². The van der Waals surface area contributed by atoms with Crippen LogP contribution in [0.15, 0.2) is 30.6 Å². The monoisotopic (exact) mass is 533 g/mol. The molecule has 2 heterocycles. The standard InChI is InChI=1S/C32H47N5O2/c1-32(2,3)24-11-8-23(9-12-24)19-36-21-34-27-18-28(31(39)35-26-15-13-25(33)14-16-26)37(20-29(27)36)30(38)17-10-22-6-4-5-7-22/h8-9,11-12,21-22,25-26,28H,4-7,10,13-20,33H2,1-3H3,(H,35,39). The highest BCUT2D eigenvalue weighted by Gasteiger charge is 2.38. The van der Waals surface area contributed by atoms with Crippen LogP contribution < -0.4 is 11.1 Å². The summed E-state index contributed by atoms with van der Waals surface area (Å²) in [7, 11) is 0. The van der Waals surface area contributed by atoms with Crippen LogP contribution in [0.4, 0.5) is 0 Å². The predicted molar refractivity (Wildman–Crippen MR) is 154 cm³/mol. The van der Waals surface area contributed by atoms with Crippen molar-refractivity contribution in [3.8, 4) is 0 Å². The van der Waals surface area contributed by atoms with E-state index in [1.807, 2.05) is 11.2 Å². The largest absolute Gasteiger partial charge is 0.352 e. The molecule has 1 aliphatic heterocycles. The van der Waals surface area contributed by atoms with Crippen LogP contribution in [0.1, 0.15) is 107 Å². The van der Waals surface area contributed by atoms with Crippen LogP contribution in [0.5, 0.6) is 0 Å². The van der Waals surface area contributed by atoms with Gasteiger partial charge in [0.1, 0.15) is 6.04 Å². The number of nitrogens with two attached hydrogens (primary N) is 1. The van der Waals surface area contributed by atoms with Gasteiger partial charge in [-0.1, -0.05) is 70.7 Å². The Morgan fingerprint density at radius 2 is 1.72 bits per heavy atom. The molecule has 1 unspecified atom stereocenters.